The lowest BCUT2D eigenvalue weighted by molar-refractivity contribution is -0.129. The largest absolute Gasteiger partial charge is 0.396 e. The lowest BCUT2D eigenvalue weighted by atomic mass is 9.82. The molecule has 0 spiro atoms. The Balaban J connectivity index is 1.32. The number of fused-ring (bicyclic) bond motifs is 1. The standard InChI is InChI=1S/C22H26N4O3/c27-16-22-14-25(11-17-6-8-23-9-7-17)12-19(22)13-26(15-22)20(28)10-24-21(29)18-4-2-1-3-5-18/h1-9,19,27H,10-16H2,(H,24,29). The van der Waals surface area contributed by atoms with Crippen LogP contribution < -0.4 is 5.32 Å². The summed E-state index contributed by atoms with van der Waals surface area (Å²) in [5.41, 5.74) is 1.45. The predicted molar refractivity (Wildman–Crippen MR) is 108 cm³/mol. The third-order valence-electron chi connectivity index (χ3n) is 6.09. The molecule has 2 N–H and O–H groups in total. The van der Waals surface area contributed by atoms with Crippen LogP contribution in [0.15, 0.2) is 54.9 Å². The van der Waals surface area contributed by atoms with Crippen LogP contribution >= 0.6 is 0 Å². The lowest BCUT2D eigenvalue weighted by Gasteiger charge is -2.27. The number of benzene rings is 1. The van der Waals surface area contributed by atoms with Crippen LogP contribution in [0.3, 0.4) is 0 Å². The number of pyridine rings is 1. The van der Waals surface area contributed by atoms with E-state index in [9.17, 15) is 14.7 Å². The van der Waals surface area contributed by atoms with E-state index in [-0.39, 0.29) is 36.3 Å². The summed E-state index contributed by atoms with van der Waals surface area (Å²) >= 11 is 0. The second-order valence-corrected chi connectivity index (χ2v) is 8.07. The molecule has 2 aliphatic heterocycles. The Morgan fingerprint density at radius 1 is 1.10 bits per heavy atom. The quantitative estimate of drug-likeness (QED) is 0.756. The van der Waals surface area contributed by atoms with Gasteiger partial charge in [0.15, 0.2) is 0 Å². The summed E-state index contributed by atoms with van der Waals surface area (Å²) in [6.07, 6.45) is 3.58. The van der Waals surface area contributed by atoms with Gasteiger partial charge >= 0.3 is 0 Å². The van der Waals surface area contributed by atoms with Crippen molar-refractivity contribution in [3.63, 3.8) is 0 Å². The smallest absolute Gasteiger partial charge is 0.251 e. The average Bonchev–Trinajstić information content (AvgIpc) is 3.27. The number of aromatic nitrogens is 1. The van der Waals surface area contributed by atoms with Gasteiger partial charge in [-0.1, -0.05) is 18.2 Å². The van der Waals surface area contributed by atoms with E-state index in [1.54, 1.807) is 41.6 Å². The number of hydrogen-bond donors (Lipinski definition) is 2. The van der Waals surface area contributed by atoms with Gasteiger partial charge in [-0.2, -0.15) is 0 Å². The van der Waals surface area contributed by atoms with Gasteiger partial charge < -0.3 is 15.3 Å². The lowest BCUT2D eigenvalue weighted by Crippen LogP contribution is -2.42. The van der Waals surface area contributed by atoms with Crippen LogP contribution in [0.2, 0.25) is 0 Å². The second-order valence-electron chi connectivity index (χ2n) is 8.07. The molecule has 2 atom stereocenters. The molecule has 1 aromatic heterocycles. The van der Waals surface area contributed by atoms with E-state index >= 15 is 0 Å². The predicted octanol–water partition coefficient (Wildman–Crippen LogP) is 0.764. The van der Waals surface area contributed by atoms with Crippen molar-refractivity contribution >= 4 is 11.8 Å². The summed E-state index contributed by atoms with van der Waals surface area (Å²) in [5.74, 6) is -0.112. The third-order valence-corrected chi connectivity index (χ3v) is 6.09. The zero-order valence-electron chi connectivity index (χ0n) is 16.3. The molecule has 2 aliphatic rings. The summed E-state index contributed by atoms with van der Waals surface area (Å²) in [6.45, 7) is 3.61. The van der Waals surface area contributed by atoms with Gasteiger partial charge in [-0.25, -0.2) is 0 Å². The fourth-order valence-corrected chi connectivity index (χ4v) is 4.53. The van der Waals surface area contributed by atoms with Crippen LogP contribution in [0, 0.1) is 11.3 Å². The van der Waals surface area contributed by atoms with E-state index in [0.717, 1.165) is 19.6 Å². The number of hydrogen-bond acceptors (Lipinski definition) is 5. The molecule has 1 aromatic carbocycles. The number of likely N-dealkylation sites (tertiary alicyclic amines) is 2. The minimum absolute atomic E-state index is 0.0251. The van der Waals surface area contributed by atoms with E-state index in [0.29, 0.717) is 18.7 Å². The van der Waals surface area contributed by atoms with Gasteiger partial charge in [0.1, 0.15) is 0 Å². The van der Waals surface area contributed by atoms with E-state index < -0.39 is 0 Å². The Hall–Kier alpha value is -2.77. The molecule has 4 rings (SSSR count). The summed E-state index contributed by atoms with van der Waals surface area (Å²) < 4.78 is 0. The number of nitrogens with zero attached hydrogens (tertiary/aromatic N) is 3. The van der Waals surface area contributed by atoms with Crippen molar-refractivity contribution in [2.75, 3.05) is 39.3 Å². The molecule has 0 radical (unpaired) electrons. The number of aliphatic hydroxyl groups excluding tert-OH is 1. The van der Waals surface area contributed by atoms with Crippen LogP contribution in [0.5, 0.6) is 0 Å². The SMILES string of the molecule is O=C(NCC(=O)N1CC2CN(Cc3ccncc3)CC2(CO)C1)c1ccccc1. The minimum atomic E-state index is -0.286. The summed E-state index contributed by atoms with van der Waals surface area (Å²) in [7, 11) is 0. The summed E-state index contributed by atoms with van der Waals surface area (Å²) in [5, 5.41) is 12.8. The van der Waals surface area contributed by atoms with Crippen molar-refractivity contribution < 1.29 is 14.7 Å². The van der Waals surface area contributed by atoms with Gasteiger partial charge in [-0.3, -0.25) is 19.5 Å². The topological polar surface area (TPSA) is 85.8 Å². The molecule has 29 heavy (non-hydrogen) atoms. The van der Waals surface area contributed by atoms with E-state index in [1.165, 1.54) is 5.56 Å². The number of nitrogens with one attached hydrogen (secondary N) is 1. The molecule has 3 heterocycles. The average molecular weight is 394 g/mol. The first kappa shape index (κ1) is 19.5. The van der Waals surface area contributed by atoms with Crippen LogP contribution in [0.1, 0.15) is 15.9 Å². The van der Waals surface area contributed by atoms with Crippen LogP contribution in [-0.2, 0) is 11.3 Å². The zero-order valence-corrected chi connectivity index (χ0v) is 16.3. The normalized spacial score (nSPS) is 23.8. The van der Waals surface area contributed by atoms with Gasteiger partial charge in [-0.05, 0) is 35.7 Å². The zero-order chi connectivity index (χ0) is 20.3. The van der Waals surface area contributed by atoms with Crippen molar-refractivity contribution in [3.05, 3.63) is 66.0 Å². The second kappa shape index (κ2) is 8.31. The number of carbonyl (C=O) groups excluding carboxylic acids is 2. The number of rotatable bonds is 6. The fraction of sp³-hybridized carbons (Fsp3) is 0.409. The Morgan fingerprint density at radius 2 is 1.86 bits per heavy atom. The molecule has 0 aliphatic carbocycles. The first-order valence-electron chi connectivity index (χ1n) is 9.93. The maximum absolute atomic E-state index is 12.7. The minimum Gasteiger partial charge on any atom is -0.396 e. The molecule has 7 heteroatoms. The van der Waals surface area contributed by atoms with E-state index in [1.807, 2.05) is 18.2 Å². The van der Waals surface area contributed by atoms with Crippen molar-refractivity contribution in [2.24, 2.45) is 11.3 Å². The van der Waals surface area contributed by atoms with Crippen molar-refractivity contribution in [1.82, 2.24) is 20.1 Å². The van der Waals surface area contributed by atoms with Gasteiger partial charge in [-0.15, -0.1) is 0 Å². The molecule has 7 nitrogen and oxygen atoms in total. The van der Waals surface area contributed by atoms with Crippen molar-refractivity contribution in [2.45, 2.75) is 6.54 Å². The Bertz CT molecular complexity index is 861. The maximum Gasteiger partial charge on any atom is 0.251 e. The molecule has 2 amide bonds. The van der Waals surface area contributed by atoms with Gasteiger partial charge in [0, 0.05) is 56.1 Å². The third kappa shape index (κ3) is 4.16. The van der Waals surface area contributed by atoms with E-state index in [2.05, 4.69) is 15.2 Å². The highest BCUT2D eigenvalue weighted by atomic mass is 16.3. The maximum atomic E-state index is 12.7. The summed E-state index contributed by atoms with van der Waals surface area (Å²) in [4.78, 5) is 33.0. The van der Waals surface area contributed by atoms with Crippen molar-refractivity contribution in [1.29, 1.82) is 0 Å². The van der Waals surface area contributed by atoms with Gasteiger partial charge in [0.25, 0.3) is 5.91 Å². The fourth-order valence-electron chi connectivity index (χ4n) is 4.53. The molecule has 0 saturated carbocycles. The Morgan fingerprint density at radius 3 is 2.55 bits per heavy atom. The number of aliphatic hydroxyl groups is 1. The van der Waals surface area contributed by atoms with Crippen LogP contribution in [0.4, 0.5) is 0 Å². The monoisotopic (exact) mass is 394 g/mol. The molecular formula is C22H26N4O3. The number of amides is 2. The Labute approximate surface area is 170 Å². The molecule has 152 valence electrons. The highest BCUT2D eigenvalue weighted by Gasteiger charge is 2.52. The summed E-state index contributed by atoms with van der Waals surface area (Å²) in [6, 6.07) is 12.9. The molecule has 2 aromatic rings. The highest BCUT2D eigenvalue weighted by Crippen LogP contribution is 2.42. The van der Waals surface area contributed by atoms with Crippen molar-refractivity contribution in [3.8, 4) is 0 Å². The molecule has 2 unspecified atom stereocenters. The molecule has 2 saturated heterocycles. The first-order chi connectivity index (χ1) is 14.1. The van der Waals surface area contributed by atoms with Crippen LogP contribution in [-0.4, -0.2) is 71.0 Å². The molecule has 0 bridgehead atoms. The molecular weight excluding hydrogens is 368 g/mol. The first-order valence-corrected chi connectivity index (χ1v) is 9.93. The van der Waals surface area contributed by atoms with Crippen LogP contribution in [0.25, 0.3) is 0 Å². The number of carbonyl (C=O) groups is 2. The van der Waals surface area contributed by atoms with Gasteiger partial charge in [0.05, 0.1) is 13.2 Å². The Kier molecular flexibility index (Phi) is 5.60. The van der Waals surface area contributed by atoms with Gasteiger partial charge in [0.2, 0.25) is 5.91 Å². The highest BCUT2D eigenvalue weighted by molar-refractivity contribution is 5.96. The molecule has 2 fully saturated rings. The van der Waals surface area contributed by atoms with E-state index in [4.69, 9.17) is 0 Å².